The van der Waals surface area contributed by atoms with Crippen molar-refractivity contribution in [2.24, 2.45) is 23.7 Å². The van der Waals surface area contributed by atoms with Gasteiger partial charge in [-0.3, -0.25) is 9.59 Å². The van der Waals surface area contributed by atoms with Crippen molar-refractivity contribution in [2.75, 3.05) is 13.2 Å². The summed E-state index contributed by atoms with van der Waals surface area (Å²) in [4.78, 5) is 37.2. The van der Waals surface area contributed by atoms with Gasteiger partial charge < -0.3 is 24.4 Å². The predicted molar refractivity (Wildman–Crippen MR) is 187 cm³/mol. The highest BCUT2D eigenvalue weighted by atomic mass is 16.5. The van der Waals surface area contributed by atoms with Crippen molar-refractivity contribution in [3.8, 4) is 5.75 Å². The molecule has 0 bridgehead atoms. The van der Waals surface area contributed by atoms with Crippen LogP contribution in [-0.4, -0.2) is 43.4 Å². The van der Waals surface area contributed by atoms with Gasteiger partial charge in [0.1, 0.15) is 17.6 Å². The van der Waals surface area contributed by atoms with Gasteiger partial charge in [-0.2, -0.15) is 0 Å². The molecule has 3 aliphatic rings. The number of ether oxygens (including phenoxy) is 4. The maximum atomic E-state index is 13.1. The van der Waals surface area contributed by atoms with Gasteiger partial charge in [-0.1, -0.05) is 39.3 Å². The van der Waals surface area contributed by atoms with Crippen molar-refractivity contribution in [3.05, 3.63) is 66.0 Å². The molecular weight excluding hydrogens is 606 g/mol. The van der Waals surface area contributed by atoms with Gasteiger partial charge >= 0.3 is 17.9 Å². The number of carbonyl (C=O) groups is 3. The molecule has 4 rings (SSSR count). The molecule has 0 aliphatic heterocycles. The molecule has 2 fully saturated rings. The second-order valence-corrected chi connectivity index (χ2v) is 13.7. The number of hydrogen-bond acceptors (Lipinski definition) is 8. The Morgan fingerprint density at radius 2 is 1.60 bits per heavy atom. The first-order valence-electron chi connectivity index (χ1n) is 18.2. The predicted octanol–water partition coefficient (Wildman–Crippen LogP) is 8.78. The average Bonchev–Trinajstić information content (AvgIpc) is 3.11. The third-order valence-electron chi connectivity index (χ3n) is 10.2. The average molecular weight is 662 g/mol. The van der Waals surface area contributed by atoms with E-state index in [0.29, 0.717) is 56.1 Å². The number of rotatable bonds is 17. The first-order valence-corrected chi connectivity index (χ1v) is 18.2. The van der Waals surface area contributed by atoms with Gasteiger partial charge in [0.15, 0.2) is 0 Å². The summed E-state index contributed by atoms with van der Waals surface area (Å²) < 4.78 is 22.6. The Kier molecular flexibility index (Phi) is 15.0. The lowest BCUT2D eigenvalue weighted by Crippen LogP contribution is -2.32. The van der Waals surface area contributed by atoms with E-state index in [1.807, 2.05) is 37.3 Å². The highest BCUT2D eigenvalue weighted by Gasteiger charge is 2.34. The van der Waals surface area contributed by atoms with E-state index >= 15 is 0 Å². The molecule has 8 nitrogen and oxygen atoms in total. The SMILES string of the molecule is C=CC(=O)OCCCCCCOC1=CC(C)C(OC(=O)C2CCC(C(=O)Oc3ccc(C4CCC(CCC)CC4)cc3C=N)CC2)C=C1. The molecular formula is C40H55NO7. The van der Waals surface area contributed by atoms with E-state index in [2.05, 4.69) is 19.6 Å². The molecule has 1 aromatic rings. The first kappa shape index (κ1) is 37.1. The van der Waals surface area contributed by atoms with Crippen LogP contribution < -0.4 is 4.74 Å². The Labute approximate surface area is 286 Å². The van der Waals surface area contributed by atoms with Crippen molar-refractivity contribution in [2.45, 2.75) is 116 Å². The van der Waals surface area contributed by atoms with E-state index in [1.54, 1.807) is 0 Å². The smallest absolute Gasteiger partial charge is 0.330 e. The van der Waals surface area contributed by atoms with Crippen LogP contribution in [0.25, 0.3) is 0 Å². The van der Waals surface area contributed by atoms with E-state index in [9.17, 15) is 14.4 Å². The molecule has 0 amide bonds. The Balaban J connectivity index is 1.14. The van der Waals surface area contributed by atoms with Gasteiger partial charge in [0, 0.05) is 23.8 Å². The van der Waals surface area contributed by atoms with Crippen LogP contribution >= 0.6 is 0 Å². The molecule has 262 valence electrons. The minimum absolute atomic E-state index is 0.00896. The van der Waals surface area contributed by atoms with E-state index < -0.39 is 0 Å². The third kappa shape index (κ3) is 11.2. The molecule has 8 heteroatoms. The summed E-state index contributed by atoms with van der Waals surface area (Å²) >= 11 is 0. The fourth-order valence-electron chi connectivity index (χ4n) is 7.20. The van der Waals surface area contributed by atoms with Gasteiger partial charge in [-0.05, 0) is 125 Å². The fourth-order valence-corrected chi connectivity index (χ4v) is 7.20. The van der Waals surface area contributed by atoms with Gasteiger partial charge in [0.25, 0.3) is 0 Å². The van der Waals surface area contributed by atoms with Crippen molar-refractivity contribution >= 4 is 24.1 Å². The third-order valence-corrected chi connectivity index (χ3v) is 10.2. The minimum atomic E-state index is -0.386. The lowest BCUT2D eigenvalue weighted by molar-refractivity contribution is -0.156. The number of esters is 3. The lowest BCUT2D eigenvalue weighted by Gasteiger charge is -2.29. The quantitative estimate of drug-likeness (QED) is 0.0584. The largest absolute Gasteiger partial charge is 0.494 e. The summed E-state index contributed by atoms with van der Waals surface area (Å²) in [6.07, 6.45) is 21.3. The molecule has 1 aromatic carbocycles. The molecule has 0 spiro atoms. The minimum Gasteiger partial charge on any atom is -0.494 e. The topological polar surface area (TPSA) is 112 Å². The molecule has 0 aromatic heterocycles. The second-order valence-electron chi connectivity index (χ2n) is 13.7. The molecule has 0 heterocycles. The van der Waals surface area contributed by atoms with Crippen LogP contribution in [-0.2, 0) is 28.6 Å². The zero-order chi connectivity index (χ0) is 34.3. The zero-order valence-corrected chi connectivity index (χ0v) is 29.0. The van der Waals surface area contributed by atoms with Crippen LogP contribution in [0.15, 0.2) is 54.8 Å². The number of hydrogen-bond donors (Lipinski definition) is 1. The fraction of sp³-hybridized carbons (Fsp3) is 0.600. The van der Waals surface area contributed by atoms with Crippen LogP contribution in [0.3, 0.4) is 0 Å². The summed E-state index contributed by atoms with van der Waals surface area (Å²) in [5, 5.41) is 7.96. The lowest BCUT2D eigenvalue weighted by atomic mass is 9.77. The van der Waals surface area contributed by atoms with Crippen LogP contribution in [0.1, 0.15) is 121 Å². The van der Waals surface area contributed by atoms with Crippen LogP contribution in [0, 0.1) is 29.1 Å². The van der Waals surface area contributed by atoms with Crippen molar-refractivity contribution < 1.29 is 33.3 Å². The summed E-state index contributed by atoms with van der Waals surface area (Å²) in [6, 6.07) is 5.94. The van der Waals surface area contributed by atoms with E-state index in [1.165, 1.54) is 56.4 Å². The van der Waals surface area contributed by atoms with Crippen LogP contribution in [0.2, 0.25) is 0 Å². The van der Waals surface area contributed by atoms with Gasteiger partial charge in [-0.15, -0.1) is 0 Å². The number of benzene rings is 1. The van der Waals surface area contributed by atoms with Crippen molar-refractivity contribution in [1.29, 1.82) is 5.41 Å². The molecule has 1 N–H and O–H groups in total. The molecule has 2 saturated carbocycles. The first-order chi connectivity index (χ1) is 23.3. The highest BCUT2D eigenvalue weighted by Crippen LogP contribution is 2.39. The number of nitrogens with one attached hydrogen (secondary N) is 1. The van der Waals surface area contributed by atoms with E-state index in [4.69, 9.17) is 24.4 Å². The summed E-state index contributed by atoms with van der Waals surface area (Å²) in [7, 11) is 0. The number of allylic oxidation sites excluding steroid dienone is 1. The standard InChI is InChI=1S/C40H55NO7/c1-4-10-29-11-13-30(14-12-29)33-19-21-37(34(26-33)27-41)48-40(44)32-17-15-31(16-18-32)39(43)47-36-22-20-35(25-28(36)3)45-23-8-6-7-9-24-46-38(42)5-2/h5,19-22,25-32,36,41H,2,4,6-18,23-24H2,1,3H3. The molecule has 2 unspecified atom stereocenters. The molecule has 0 saturated heterocycles. The Morgan fingerprint density at radius 1 is 0.917 bits per heavy atom. The van der Waals surface area contributed by atoms with Gasteiger partial charge in [0.2, 0.25) is 0 Å². The summed E-state index contributed by atoms with van der Waals surface area (Å²) in [5.41, 5.74) is 1.88. The normalized spacial score (nSPS) is 25.3. The molecule has 48 heavy (non-hydrogen) atoms. The summed E-state index contributed by atoms with van der Waals surface area (Å²) in [6.45, 7) is 8.65. The van der Waals surface area contributed by atoms with Gasteiger partial charge in [0.05, 0.1) is 25.0 Å². The monoisotopic (exact) mass is 661 g/mol. The highest BCUT2D eigenvalue weighted by molar-refractivity contribution is 5.85. The Morgan fingerprint density at radius 3 is 2.25 bits per heavy atom. The number of unbranched alkanes of at least 4 members (excludes halogenated alkanes) is 3. The Hall–Kier alpha value is -3.68. The second kappa shape index (κ2) is 19.4. The van der Waals surface area contributed by atoms with Crippen molar-refractivity contribution in [3.63, 3.8) is 0 Å². The molecule has 0 radical (unpaired) electrons. The maximum absolute atomic E-state index is 13.1. The Bertz CT molecular complexity index is 1300. The van der Waals surface area contributed by atoms with Gasteiger partial charge in [-0.25, -0.2) is 4.79 Å². The maximum Gasteiger partial charge on any atom is 0.330 e. The van der Waals surface area contributed by atoms with Crippen molar-refractivity contribution in [1.82, 2.24) is 0 Å². The van der Waals surface area contributed by atoms with Crippen LogP contribution in [0.5, 0.6) is 5.75 Å². The molecule has 3 aliphatic carbocycles. The van der Waals surface area contributed by atoms with Crippen LogP contribution in [0.4, 0.5) is 0 Å². The molecule has 2 atom stereocenters. The van der Waals surface area contributed by atoms with E-state index in [-0.39, 0.29) is 41.8 Å². The number of carbonyl (C=O) groups excluding carboxylic acids is 3. The van der Waals surface area contributed by atoms with E-state index in [0.717, 1.165) is 37.4 Å². The summed E-state index contributed by atoms with van der Waals surface area (Å²) in [5.74, 6) is 1.16. The zero-order valence-electron chi connectivity index (χ0n) is 29.0.